The standard InChI is InChI=1S/C15H16N4O2/c1-2-20-14-7-6-12-15(19-14)18-13(17-12)9-21-11-5-3-4-10(16)8-11/h3-8H,2,9,16H2,1H3,(H,17,18,19). The van der Waals surface area contributed by atoms with Crippen molar-refractivity contribution >= 4 is 16.9 Å². The lowest BCUT2D eigenvalue weighted by molar-refractivity contribution is 0.297. The van der Waals surface area contributed by atoms with Gasteiger partial charge in [0.25, 0.3) is 0 Å². The first-order chi connectivity index (χ1) is 10.2. The van der Waals surface area contributed by atoms with Gasteiger partial charge in [-0.2, -0.15) is 4.98 Å². The van der Waals surface area contributed by atoms with Crippen LogP contribution in [0.5, 0.6) is 11.6 Å². The first kappa shape index (κ1) is 13.2. The number of aromatic nitrogens is 3. The summed E-state index contributed by atoms with van der Waals surface area (Å²) in [6.45, 7) is 2.82. The van der Waals surface area contributed by atoms with E-state index < -0.39 is 0 Å². The number of nitrogens with two attached hydrogens (primary N) is 1. The van der Waals surface area contributed by atoms with E-state index in [0.717, 1.165) is 5.52 Å². The highest BCUT2D eigenvalue weighted by atomic mass is 16.5. The van der Waals surface area contributed by atoms with Gasteiger partial charge < -0.3 is 20.2 Å². The fraction of sp³-hybridized carbons (Fsp3) is 0.200. The summed E-state index contributed by atoms with van der Waals surface area (Å²) >= 11 is 0. The van der Waals surface area contributed by atoms with Crippen molar-refractivity contribution in [2.45, 2.75) is 13.5 Å². The Morgan fingerprint density at radius 3 is 2.86 bits per heavy atom. The maximum atomic E-state index is 5.71. The first-order valence-electron chi connectivity index (χ1n) is 6.71. The molecule has 0 bridgehead atoms. The number of imidazole rings is 1. The summed E-state index contributed by atoms with van der Waals surface area (Å²) in [5.74, 6) is 1.98. The van der Waals surface area contributed by atoms with Crippen molar-refractivity contribution in [3.05, 3.63) is 42.2 Å². The SMILES string of the molecule is CCOc1ccc2[nH]c(COc3cccc(N)c3)nc2n1. The van der Waals surface area contributed by atoms with Gasteiger partial charge in [-0.05, 0) is 25.1 Å². The van der Waals surface area contributed by atoms with Gasteiger partial charge in [-0.3, -0.25) is 0 Å². The van der Waals surface area contributed by atoms with E-state index in [9.17, 15) is 0 Å². The van der Waals surface area contributed by atoms with Gasteiger partial charge in [-0.15, -0.1) is 0 Å². The van der Waals surface area contributed by atoms with Gasteiger partial charge >= 0.3 is 0 Å². The third kappa shape index (κ3) is 3.05. The third-order valence-electron chi connectivity index (χ3n) is 2.90. The van der Waals surface area contributed by atoms with E-state index in [2.05, 4.69) is 15.0 Å². The van der Waals surface area contributed by atoms with E-state index in [1.165, 1.54) is 0 Å². The van der Waals surface area contributed by atoms with E-state index in [1.54, 1.807) is 6.07 Å². The number of anilines is 1. The lowest BCUT2D eigenvalue weighted by Crippen LogP contribution is -1.98. The number of hydrogen-bond acceptors (Lipinski definition) is 5. The predicted octanol–water partition coefficient (Wildman–Crippen LogP) is 2.52. The zero-order chi connectivity index (χ0) is 14.7. The van der Waals surface area contributed by atoms with Crippen LogP contribution in [0.4, 0.5) is 5.69 Å². The Morgan fingerprint density at radius 2 is 2.05 bits per heavy atom. The summed E-state index contributed by atoms with van der Waals surface area (Å²) in [5.41, 5.74) is 7.84. The zero-order valence-electron chi connectivity index (χ0n) is 11.7. The van der Waals surface area contributed by atoms with Crippen LogP contribution in [0.25, 0.3) is 11.2 Å². The topological polar surface area (TPSA) is 86.0 Å². The van der Waals surface area contributed by atoms with Crippen molar-refractivity contribution in [2.75, 3.05) is 12.3 Å². The number of rotatable bonds is 5. The highest BCUT2D eigenvalue weighted by molar-refractivity contribution is 5.71. The van der Waals surface area contributed by atoms with Crippen LogP contribution in [0, 0.1) is 0 Å². The molecule has 0 atom stereocenters. The predicted molar refractivity (Wildman–Crippen MR) is 80.2 cm³/mol. The van der Waals surface area contributed by atoms with Gasteiger partial charge in [-0.25, -0.2) is 4.98 Å². The molecule has 0 radical (unpaired) electrons. The molecule has 0 aliphatic rings. The Bertz CT molecular complexity index is 754. The first-order valence-corrected chi connectivity index (χ1v) is 6.71. The zero-order valence-corrected chi connectivity index (χ0v) is 11.7. The molecule has 21 heavy (non-hydrogen) atoms. The number of nitrogens with one attached hydrogen (secondary N) is 1. The summed E-state index contributed by atoms with van der Waals surface area (Å²) in [4.78, 5) is 11.9. The minimum Gasteiger partial charge on any atom is -0.486 e. The largest absolute Gasteiger partial charge is 0.486 e. The average Bonchev–Trinajstić information content (AvgIpc) is 2.88. The second kappa shape index (κ2) is 5.70. The minimum absolute atomic E-state index is 0.323. The van der Waals surface area contributed by atoms with Crippen LogP contribution in [0.3, 0.4) is 0 Å². The lowest BCUT2D eigenvalue weighted by atomic mass is 10.3. The van der Waals surface area contributed by atoms with Gasteiger partial charge in [0, 0.05) is 17.8 Å². The van der Waals surface area contributed by atoms with Gasteiger partial charge in [0.1, 0.15) is 18.2 Å². The Hall–Kier alpha value is -2.76. The third-order valence-corrected chi connectivity index (χ3v) is 2.90. The van der Waals surface area contributed by atoms with Gasteiger partial charge in [0.2, 0.25) is 5.88 Å². The normalized spacial score (nSPS) is 10.7. The van der Waals surface area contributed by atoms with Crippen molar-refractivity contribution in [3.63, 3.8) is 0 Å². The van der Waals surface area contributed by atoms with Crippen molar-refractivity contribution in [2.24, 2.45) is 0 Å². The smallest absolute Gasteiger partial charge is 0.215 e. The summed E-state index contributed by atoms with van der Waals surface area (Å²) in [6.07, 6.45) is 0. The number of nitrogen functional groups attached to an aromatic ring is 1. The van der Waals surface area contributed by atoms with E-state index in [-0.39, 0.29) is 0 Å². The molecule has 6 nitrogen and oxygen atoms in total. The highest BCUT2D eigenvalue weighted by Crippen LogP contribution is 2.18. The van der Waals surface area contributed by atoms with Crippen molar-refractivity contribution in [1.82, 2.24) is 15.0 Å². The van der Waals surface area contributed by atoms with Gasteiger partial charge in [-0.1, -0.05) is 6.07 Å². The molecule has 0 fully saturated rings. The Balaban J connectivity index is 1.75. The van der Waals surface area contributed by atoms with Gasteiger partial charge in [0.05, 0.1) is 12.1 Å². The molecule has 0 aliphatic heterocycles. The number of aromatic amines is 1. The van der Waals surface area contributed by atoms with E-state index >= 15 is 0 Å². The van der Waals surface area contributed by atoms with Crippen LogP contribution in [0.15, 0.2) is 36.4 Å². The maximum absolute atomic E-state index is 5.71. The number of fused-ring (bicyclic) bond motifs is 1. The molecular weight excluding hydrogens is 268 g/mol. The average molecular weight is 284 g/mol. The Labute approximate surface area is 121 Å². The molecule has 0 saturated carbocycles. The molecule has 0 saturated heterocycles. The highest BCUT2D eigenvalue weighted by Gasteiger charge is 2.06. The van der Waals surface area contributed by atoms with E-state index in [1.807, 2.05) is 37.3 Å². The second-order valence-corrected chi connectivity index (χ2v) is 4.50. The summed E-state index contributed by atoms with van der Waals surface area (Å²) < 4.78 is 11.0. The van der Waals surface area contributed by atoms with Crippen LogP contribution in [-0.4, -0.2) is 21.6 Å². The van der Waals surface area contributed by atoms with Crippen molar-refractivity contribution in [3.8, 4) is 11.6 Å². The molecule has 2 aromatic heterocycles. The number of ether oxygens (including phenoxy) is 2. The van der Waals surface area contributed by atoms with E-state index in [0.29, 0.717) is 42.0 Å². The molecule has 0 aliphatic carbocycles. The van der Waals surface area contributed by atoms with Crippen LogP contribution in [0.2, 0.25) is 0 Å². The molecule has 2 heterocycles. The van der Waals surface area contributed by atoms with Crippen molar-refractivity contribution < 1.29 is 9.47 Å². The molecule has 0 amide bonds. The number of nitrogens with zero attached hydrogens (tertiary/aromatic N) is 2. The molecular formula is C15H16N4O2. The molecule has 1 aromatic carbocycles. The Kier molecular flexibility index (Phi) is 3.59. The number of benzene rings is 1. The van der Waals surface area contributed by atoms with Gasteiger partial charge in [0.15, 0.2) is 5.65 Å². The molecule has 3 N–H and O–H groups in total. The van der Waals surface area contributed by atoms with Crippen LogP contribution < -0.4 is 15.2 Å². The van der Waals surface area contributed by atoms with Crippen LogP contribution in [-0.2, 0) is 6.61 Å². The molecule has 0 unspecified atom stereocenters. The minimum atomic E-state index is 0.323. The number of pyridine rings is 1. The number of H-pyrrole nitrogens is 1. The fourth-order valence-electron chi connectivity index (χ4n) is 1.98. The lowest BCUT2D eigenvalue weighted by Gasteiger charge is -2.04. The summed E-state index contributed by atoms with van der Waals surface area (Å²) in [7, 11) is 0. The van der Waals surface area contributed by atoms with Crippen molar-refractivity contribution in [1.29, 1.82) is 0 Å². The molecule has 6 heteroatoms. The Morgan fingerprint density at radius 1 is 1.14 bits per heavy atom. The quantitative estimate of drug-likeness (QED) is 0.703. The van der Waals surface area contributed by atoms with Crippen LogP contribution >= 0.6 is 0 Å². The molecule has 3 aromatic rings. The fourth-order valence-corrected chi connectivity index (χ4v) is 1.98. The summed E-state index contributed by atoms with van der Waals surface area (Å²) in [5, 5.41) is 0. The van der Waals surface area contributed by atoms with E-state index in [4.69, 9.17) is 15.2 Å². The maximum Gasteiger partial charge on any atom is 0.215 e. The summed E-state index contributed by atoms with van der Waals surface area (Å²) in [6, 6.07) is 11.0. The molecule has 108 valence electrons. The molecule has 0 spiro atoms. The monoisotopic (exact) mass is 284 g/mol. The second-order valence-electron chi connectivity index (χ2n) is 4.50. The molecule has 3 rings (SSSR count). The number of hydrogen-bond donors (Lipinski definition) is 2. The van der Waals surface area contributed by atoms with Crippen LogP contribution in [0.1, 0.15) is 12.7 Å².